The van der Waals surface area contributed by atoms with Crippen LogP contribution in [0.1, 0.15) is 105 Å². The summed E-state index contributed by atoms with van der Waals surface area (Å²) in [6.07, 6.45) is 13.1. The topological polar surface area (TPSA) is 36.9 Å². The van der Waals surface area contributed by atoms with Gasteiger partial charge in [0.15, 0.2) is 23.0 Å². The van der Waals surface area contributed by atoms with Crippen LogP contribution < -0.4 is 18.9 Å². The van der Waals surface area contributed by atoms with Crippen molar-refractivity contribution in [1.82, 2.24) is 0 Å². The molecule has 6 heteroatoms. The zero-order valence-corrected chi connectivity index (χ0v) is 28.7. The largest absolute Gasteiger partial charge is 0.490 e. The van der Waals surface area contributed by atoms with E-state index in [2.05, 4.69) is 52.0 Å². The summed E-state index contributed by atoms with van der Waals surface area (Å²) in [6, 6.07) is 12.5. The van der Waals surface area contributed by atoms with Crippen molar-refractivity contribution in [1.29, 1.82) is 0 Å². The second-order valence-corrected chi connectivity index (χ2v) is 12.5. The van der Waals surface area contributed by atoms with Gasteiger partial charge in [-0.25, -0.2) is 0 Å². The number of fused-ring (bicyclic) bond motifs is 6. The van der Waals surface area contributed by atoms with Gasteiger partial charge in [-0.05, 0) is 94.4 Å². The summed E-state index contributed by atoms with van der Waals surface area (Å²) in [6.45, 7) is 11.4. The Balaban J connectivity index is 1.93. The van der Waals surface area contributed by atoms with Crippen LogP contribution in [0.15, 0.2) is 36.4 Å². The second kappa shape index (κ2) is 17.8. The number of ether oxygens (including phenoxy) is 4. The van der Waals surface area contributed by atoms with Gasteiger partial charge in [0.05, 0.1) is 36.5 Å². The Morgan fingerprint density at radius 3 is 0.818 bits per heavy atom. The first kappa shape index (κ1) is 34.3. The molecule has 4 aromatic carbocycles. The molecule has 0 saturated carbocycles. The number of benzene rings is 4. The van der Waals surface area contributed by atoms with E-state index in [0.29, 0.717) is 36.5 Å². The summed E-state index contributed by atoms with van der Waals surface area (Å²) in [5.41, 5.74) is 0. The fourth-order valence-corrected chi connectivity index (χ4v) is 5.92. The molecule has 0 aliphatic rings. The molecule has 4 rings (SSSR count). The van der Waals surface area contributed by atoms with Gasteiger partial charge < -0.3 is 18.9 Å². The normalized spacial score (nSPS) is 11.5. The first-order chi connectivity index (χ1) is 21.5. The van der Waals surface area contributed by atoms with Crippen LogP contribution in [0.25, 0.3) is 32.3 Å². The summed E-state index contributed by atoms with van der Waals surface area (Å²) in [5, 5.41) is 7.31. The lowest BCUT2D eigenvalue weighted by molar-refractivity contribution is 0.260. The molecule has 0 radical (unpaired) electrons. The highest BCUT2D eigenvalue weighted by atomic mass is 35.5. The molecule has 4 nitrogen and oxygen atoms in total. The first-order valence-corrected chi connectivity index (χ1v) is 17.6. The summed E-state index contributed by atoms with van der Waals surface area (Å²) >= 11 is 13.3. The molecule has 0 aliphatic carbocycles. The monoisotopic (exact) mass is 640 g/mol. The number of hydrogen-bond donors (Lipinski definition) is 0. The molecule has 0 spiro atoms. The van der Waals surface area contributed by atoms with Crippen molar-refractivity contribution in [3.8, 4) is 23.0 Å². The minimum Gasteiger partial charge on any atom is -0.490 e. The van der Waals surface area contributed by atoms with Crippen LogP contribution in [0.5, 0.6) is 23.0 Å². The molecular formula is C38H50Cl2O4. The van der Waals surface area contributed by atoms with E-state index in [-0.39, 0.29) is 0 Å². The SMILES string of the molecule is CCCCCOc1cc2c3cc(Cl)c(Cl)cc3c3cc(OCCCCC)c(OCCCCC)cc3c2cc1OCCCCC. The van der Waals surface area contributed by atoms with E-state index in [1.165, 1.54) is 0 Å². The van der Waals surface area contributed by atoms with Gasteiger partial charge in [-0.1, -0.05) is 102 Å². The Kier molecular flexibility index (Phi) is 13.9. The Labute approximate surface area is 274 Å². The van der Waals surface area contributed by atoms with E-state index in [4.69, 9.17) is 42.1 Å². The van der Waals surface area contributed by atoms with E-state index in [0.717, 1.165) is 132 Å². The molecule has 0 fully saturated rings. The summed E-state index contributed by atoms with van der Waals surface area (Å²) < 4.78 is 25.6. The number of hydrogen-bond acceptors (Lipinski definition) is 4. The fraction of sp³-hybridized carbons (Fsp3) is 0.526. The van der Waals surface area contributed by atoms with E-state index in [1.807, 2.05) is 12.1 Å². The molecule has 0 saturated heterocycles. The summed E-state index contributed by atoms with van der Waals surface area (Å²) in [7, 11) is 0. The van der Waals surface area contributed by atoms with Crippen molar-refractivity contribution in [2.24, 2.45) is 0 Å². The quantitative estimate of drug-likeness (QED) is 0.0711. The molecule has 4 aromatic rings. The van der Waals surface area contributed by atoms with Crippen LogP contribution in [-0.4, -0.2) is 26.4 Å². The van der Waals surface area contributed by atoms with Crippen LogP contribution in [0.2, 0.25) is 10.0 Å². The van der Waals surface area contributed by atoms with E-state index >= 15 is 0 Å². The van der Waals surface area contributed by atoms with Crippen molar-refractivity contribution in [3.63, 3.8) is 0 Å². The standard InChI is InChI=1S/C38H50Cl2O4/c1-5-9-13-17-41-35-23-29-27-21-33(39)34(40)22-28(27)30-24-36(42-18-14-10-6-2)38(44-20-16-12-8-4)26-32(30)31(29)25-37(35)43-19-15-11-7-3/h21-26H,5-20H2,1-4H3. The fourth-order valence-electron chi connectivity index (χ4n) is 5.59. The van der Waals surface area contributed by atoms with Crippen molar-refractivity contribution in [2.75, 3.05) is 26.4 Å². The molecule has 0 aliphatic heterocycles. The van der Waals surface area contributed by atoms with Gasteiger partial charge >= 0.3 is 0 Å². The Bertz CT molecular complexity index is 1390. The van der Waals surface area contributed by atoms with Crippen LogP contribution in [-0.2, 0) is 0 Å². The zero-order valence-electron chi connectivity index (χ0n) is 27.2. The van der Waals surface area contributed by atoms with Gasteiger partial charge in [0.2, 0.25) is 0 Å². The van der Waals surface area contributed by atoms with Crippen molar-refractivity contribution in [2.45, 2.75) is 105 Å². The van der Waals surface area contributed by atoms with Gasteiger partial charge in [0.25, 0.3) is 0 Å². The number of halogens is 2. The lowest BCUT2D eigenvalue weighted by atomic mass is 9.93. The maximum atomic E-state index is 6.63. The molecule has 0 aromatic heterocycles. The third-order valence-electron chi connectivity index (χ3n) is 8.12. The molecule has 0 amide bonds. The van der Waals surface area contributed by atoms with Gasteiger partial charge in [-0.3, -0.25) is 0 Å². The van der Waals surface area contributed by atoms with E-state index in [9.17, 15) is 0 Å². The van der Waals surface area contributed by atoms with E-state index < -0.39 is 0 Å². The predicted molar refractivity (Wildman–Crippen MR) is 189 cm³/mol. The van der Waals surface area contributed by atoms with Crippen molar-refractivity contribution in [3.05, 3.63) is 46.4 Å². The highest BCUT2D eigenvalue weighted by Gasteiger charge is 2.19. The highest BCUT2D eigenvalue weighted by Crippen LogP contribution is 2.46. The van der Waals surface area contributed by atoms with Crippen LogP contribution in [0.4, 0.5) is 0 Å². The highest BCUT2D eigenvalue weighted by molar-refractivity contribution is 6.44. The van der Waals surface area contributed by atoms with E-state index in [1.54, 1.807) is 0 Å². The Morgan fingerprint density at radius 1 is 0.364 bits per heavy atom. The zero-order chi connectivity index (χ0) is 31.3. The minimum absolute atomic E-state index is 0.525. The Hall–Kier alpha value is -2.56. The summed E-state index contributed by atoms with van der Waals surface area (Å²) in [4.78, 5) is 0. The second-order valence-electron chi connectivity index (χ2n) is 11.7. The molecule has 0 N–H and O–H groups in total. The number of rotatable bonds is 20. The smallest absolute Gasteiger partial charge is 0.161 e. The molecule has 240 valence electrons. The molecular weight excluding hydrogens is 591 g/mol. The molecule has 0 bridgehead atoms. The summed E-state index contributed by atoms with van der Waals surface area (Å²) in [5.74, 6) is 3.08. The van der Waals surface area contributed by atoms with Crippen LogP contribution >= 0.6 is 23.2 Å². The molecule has 0 atom stereocenters. The third kappa shape index (κ3) is 8.79. The van der Waals surface area contributed by atoms with Gasteiger partial charge in [0.1, 0.15) is 0 Å². The first-order valence-electron chi connectivity index (χ1n) is 16.9. The maximum absolute atomic E-state index is 6.63. The van der Waals surface area contributed by atoms with Crippen molar-refractivity contribution >= 4 is 55.5 Å². The average molecular weight is 642 g/mol. The minimum atomic E-state index is 0.525. The van der Waals surface area contributed by atoms with Crippen LogP contribution in [0, 0.1) is 0 Å². The Morgan fingerprint density at radius 2 is 0.591 bits per heavy atom. The molecule has 44 heavy (non-hydrogen) atoms. The molecule has 0 heterocycles. The van der Waals surface area contributed by atoms with Crippen LogP contribution in [0.3, 0.4) is 0 Å². The lowest BCUT2D eigenvalue weighted by Gasteiger charge is -2.19. The predicted octanol–water partition coefficient (Wildman–Crippen LogP) is 12.7. The van der Waals surface area contributed by atoms with Crippen molar-refractivity contribution < 1.29 is 18.9 Å². The molecule has 0 unspecified atom stereocenters. The van der Waals surface area contributed by atoms with Gasteiger partial charge in [-0.15, -0.1) is 0 Å². The maximum Gasteiger partial charge on any atom is 0.161 e. The van der Waals surface area contributed by atoms with Gasteiger partial charge in [-0.2, -0.15) is 0 Å². The third-order valence-corrected chi connectivity index (χ3v) is 8.84. The average Bonchev–Trinajstić information content (AvgIpc) is 3.03. The lowest BCUT2D eigenvalue weighted by Crippen LogP contribution is -2.04. The van der Waals surface area contributed by atoms with Gasteiger partial charge in [0, 0.05) is 0 Å². The number of unbranched alkanes of at least 4 members (excludes halogenated alkanes) is 8.